The Morgan fingerprint density at radius 3 is 2.15 bits per heavy atom. The molecule has 0 aliphatic rings. The van der Waals surface area contributed by atoms with Gasteiger partial charge in [-0.15, -0.1) is 0 Å². The van der Waals surface area contributed by atoms with Crippen LogP contribution in [0.4, 0.5) is 0 Å². The van der Waals surface area contributed by atoms with Gasteiger partial charge in [-0.1, -0.05) is 81.6 Å². The van der Waals surface area contributed by atoms with Crippen molar-refractivity contribution in [3.63, 3.8) is 0 Å². The van der Waals surface area contributed by atoms with E-state index in [1.165, 1.54) is 44.9 Å². The number of benzene rings is 1. The van der Waals surface area contributed by atoms with Crippen LogP contribution < -0.4 is 9.47 Å². The lowest BCUT2D eigenvalue weighted by Gasteiger charge is -2.07. The SMILES string of the molecule is CCCCC/C=C\C/C=C\CCCCCCCC(=O)OCC/C=C/c1ccc(OC)c(OC)c1. The van der Waals surface area contributed by atoms with Crippen molar-refractivity contribution in [2.75, 3.05) is 20.8 Å². The number of unbranched alkanes of at least 4 members (excludes halogenated alkanes) is 8. The van der Waals surface area contributed by atoms with Gasteiger partial charge in [0.1, 0.15) is 0 Å². The van der Waals surface area contributed by atoms with Gasteiger partial charge < -0.3 is 14.2 Å². The summed E-state index contributed by atoms with van der Waals surface area (Å²) < 4.78 is 15.9. The van der Waals surface area contributed by atoms with E-state index in [1.54, 1.807) is 14.2 Å². The summed E-state index contributed by atoms with van der Waals surface area (Å²) in [5.41, 5.74) is 1.02. The number of methoxy groups -OCH3 is 2. The van der Waals surface area contributed by atoms with E-state index in [0.717, 1.165) is 31.2 Å². The number of rotatable bonds is 20. The van der Waals surface area contributed by atoms with Crippen LogP contribution in [0.5, 0.6) is 11.5 Å². The minimum absolute atomic E-state index is 0.0924. The van der Waals surface area contributed by atoms with Crippen molar-refractivity contribution in [1.29, 1.82) is 0 Å². The molecule has 0 saturated carbocycles. The molecular weight excluding hydrogens is 424 g/mol. The third-order valence-electron chi connectivity index (χ3n) is 5.60. The van der Waals surface area contributed by atoms with Crippen LogP contribution in [0.2, 0.25) is 0 Å². The van der Waals surface area contributed by atoms with Crippen LogP contribution in [0, 0.1) is 0 Å². The summed E-state index contributed by atoms with van der Waals surface area (Å²) in [4.78, 5) is 11.9. The molecule has 0 fully saturated rings. The first kappa shape index (κ1) is 29.5. The maximum absolute atomic E-state index is 11.9. The molecule has 190 valence electrons. The highest BCUT2D eigenvalue weighted by atomic mass is 16.5. The zero-order chi connectivity index (χ0) is 24.7. The minimum Gasteiger partial charge on any atom is -0.493 e. The molecule has 0 N–H and O–H groups in total. The van der Waals surface area contributed by atoms with Crippen molar-refractivity contribution in [3.05, 3.63) is 54.1 Å². The Morgan fingerprint density at radius 2 is 1.44 bits per heavy atom. The first-order valence-electron chi connectivity index (χ1n) is 13.1. The smallest absolute Gasteiger partial charge is 0.305 e. The molecule has 0 radical (unpaired) electrons. The molecule has 34 heavy (non-hydrogen) atoms. The maximum Gasteiger partial charge on any atom is 0.305 e. The molecule has 0 aromatic heterocycles. The molecular formula is C30H46O4. The third-order valence-corrected chi connectivity index (χ3v) is 5.60. The Kier molecular flexibility index (Phi) is 18.3. The summed E-state index contributed by atoms with van der Waals surface area (Å²) in [6.45, 7) is 2.66. The number of carbonyl (C=O) groups excluding carboxylic acids is 1. The van der Waals surface area contributed by atoms with Gasteiger partial charge in [-0.3, -0.25) is 4.79 Å². The molecule has 0 amide bonds. The van der Waals surface area contributed by atoms with E-state index in [2.05, 4.69) is 31.2 Å². The average molecular weight is 471 g/mol. The second kappa shape index (κ2) is 21.1. The fourth-order valence-electron chi connectivity index (χ4n) is 3.57. The second-order valence-electron chi connectivity index (χ2n) is 8.51. The van der Waals surface area contributed by atoms with Crippen LogP contribution in [0.1, 0.15) is 96.0 Å². The number of hydrogen-bond acceptors (Lipinski definition) is 4. The number of hydrogen-bond donors (Lipinski definition) is 0. The van der Waals surface area contributed by atoms with Gasteiger partial charge in [0.05, 0.1) is 20.8 Å². The Bertz CT molecular complexity index is 733. The summed E-state index contributed by atoms with van der Waals surface area (Å²) in [5, 5.41) is 0. The first-order valence-corrected chi connectivity index (χ1v) is 13.1. The average Bonchev–Trinajstić information content (AvgIpc) is 2.86. The van der Waals surface area contributed by atoms with E-state index in [1.807, 2.05) is 30.4 Å². The molecule has 4 heteroatoms. The fraction of sp³-hybridized carbons (Fsp3) is 0.567. The third kappa shape index (κ3) is 15.4. The molecule has 0 bridgehead atoms. The molecule has 0 aliphatic carbocycles. The summed E-state index contributed by atoms with van der Waals surface area (Å²) in [7, 11) is 3.25. The highest BCUT2D eigenvalue weighted by Gasteiger charge is 2.03. The second-order valence-corrected chi connectivity index (χ2v) is 8.51. The monoisotopic (exact) mass is 470 g/mol. The van der Waals surface area contributed by atoms with Gasteiger partial charge in [-0.05, 0) is 62.6 Å². The lowest BCUT2D eigenvalue weighted by atomic mass is 10.1. The highest BCUT2D eigenvalue weighted by Crippen LogP contribution is 2.28. The van der Waals surface area contributed by atoms with Crippen LogP contribution in [0.25, 0.3) is 6.08 Å². The molecule has 1 rings (SSSR count). The fourth-order valence-corrected chi connectivity index (χ4v) is 3.57. The predicted octanol–water partition coefficient (Wildman–Crippen LogP) is 8.46. The van der Waals surface area contributed by atoms with Gasteiger partial charge in [0, 0.05) is 6.42 Å². The molecule has 0 aliphatic heterocycles. The number of carbonyl (C=O) groups is 1. The first-order chi connectivity index (χ1) is 16.7. The number of esters is 1. The Hall–Kier alpha value is -2.49. The largest absolute Gasteiger partial charge is 0.493 e. The normalized spacial score (nSPS) is 11.6. The van der Waals surface area contributed by atoms with Crippen molar-refractivity contribution < 1.29 is 19.0 Å². The minimum atomic E-state index is -0.0924. The molecule has 0 heterocycles. The highest BCUT2D eigenvalue weighted by molar-refractivity contribution is 5.69. The zero-order valence-electron chi connectivity index (χ0n) is 21.7. The van der Waals surface area contributed by atoms with E-state index >= 15 is 0 Å². The maximum atomic E-state index is 11.9. The van der Waals surface area contributed by atoms with Gasteiger partial charge >= 0.3 is 5.97 Å². The van der Waals surface area contributed by atoms with Gasteiger partial charge in [0.2, 0.25) is 0 Å². The van der Waals surface area contributed by atoms with Crippen LogP contribution in [0.3, 0.4) is 0 Å². The molecule has 4 nitrogen and oxygen atoms in total. The van der Waals surface area contributed by atoms with E-state index in [-0.39, 0.29) is 5.97 Å². The van der Waals surface area contributed by atoms with Crippen LogP contribution in [0.15, 0.2) is 48.6 Å². The zero-order valence-corrected chi connectivity index (χ0v) is 21.7. The molecule has 0 unspecified atom stereocenters. The quantitative estimate of drug-likeness (QED) is 0.109. The van der Waals surface area contributed by atoms with E-state index < -0.39 is 0 Å². The van der Waals surface area contributed by atoms with Crippen molar-refractivity contribution in [3.8, 4) is 11.5 Å². The van der Waals surface area contributed by atoms with Crippen molar-refractivity contribution in [2.45, 2.75) is 90.4 Å². The Balaban J connectivity index is 1.97. The van der Waals surface area contributed by atoms with Crippen molar-refractivity contribution in [1.82, 2.24) is 0 Å². The molecule has 0 saturated heterocycles. The summed E-state index contributed by atoms with van der Waals surface area (Å²) >= 11 is 0. The summed E-state index contributed by atoms with van der Waals surface area (Å²) in [6.07, 6.45) is 27.4. The molecule has 0 spiro atoms. The van der Waals surface area contributed by atoms with Crippen LogP contribution in [-0.4, -0.2) is 26.8 Å². The molecule has 0 atom stereocenters. The lowest BCUT2D eigenvalue weighted by molar-refractivity contribution is -0.143. The van der Waals surface area contributed by atoms with Crippen molar-refractivity contribution >= 4 is 12.0 Å². The number of ether oxygens (including phenoxy) is 3. The summed E-state index contributed by atoms with van der Waals surface area (Å²) in [5.74, 6) is 1.32. The van der Waals surface area contributed by atoms with Crippen molar-refractivity contribution in [2.24, 2.45) is 0 Å². The topological polar surface area (TPSA) is 44.8 Å². The van der Waals surface area contributed by atoms with Gasteiger partial charge in [0.15, 0.2) is 11.5 Å². The van der Waals surface area contributed by atoms with E-state index in [9.17, 15) is 4.79 Å². The Morgan fingerprint density at radius 1 is 0.765 bits per heavy atom. The standard InChI is InChI=1S/C30H46O4/c1-4-5-6-7-8-9-10-11-12-13-14-15-16-17-18-22-30(31)34-25-20-19-21-27-23-24-28(32-2)29(26-27)33-3/h8-9,11-12,19,21,23-24,26H,4-7,10,13-18,20,22,25H2,1-3H3/b9-8-,12-11-,21-19+. The predicted molar refractivity (Wildman–Crippen MR) is 144 cm³/mol. The molecule has 1 aromatic carbocycles. The van der Waals surface area contributed by atoms with E-state index in [0.29, 0.717) is 30.9 Å². The molecule has 1 aromatic rings. The van der Waals surface area contributed by atoms with E-state index in [4.69, 9.17) is 14.2 Å². The van der Waals surface area contributed by atoms with Gasteiger partial charge in [-0.2, -0.15) is 0 Å². The number of allylic oxidation sites excluding steroid dienone is 4. The van der Waals surface area contributed by atoms with Gasteiger partial charge in [0.25, 0.3) is 0 Å². The van der Waals surface area contributed by atoms with Crippen LogP contribution in [-0.2, 0) is 9.53 Å². The summed E-state index contributed by atoms with van der Waals surface area (Å²) in [6, 6.07) is 5.77. The Labute approximate surface area is 208 Å². The van der Waals surface area contributed by atoms with Crippen LogP contribution >= 0.6 is 0 Å². The lowest BCUT2D eigenvalue weighted by Crippen LogP contribution is -2.04. The van der Waals surface area contributed by atoms with Gasteiger partial charge in [-0.25, -0.2) is 0 Å².